The first-order valence-corrected chi connectivity index (χ1v) is 8.58. The molecular formula is C22H19N5. The molecule has 2 heterocycles. The molecule has 0 saturated heterocycles. The van der Waals surface area contributed by atoms with Gasteiger partial charge in [-0.3, -0.25) is 4.99 Å². The molecule has 5 heteroatoms. The SMILES string of the molecule is C=N/C(=C1/C(N)=NC=CN1C)c1ccc2ccc(-c3ccccc3)nc2c1. The maximum absolute atomic E-state index is 6.09. The van der Waals surface area contributed by atoms with E-state index in [9.17, 15) is 0 Å². The van der Waals surface area contributed by atoms with Crippen LogP contribution in [0.25, 0.3) is 27.9 Å². The van der Waals surface area contributed by atoms with E-state index in [4.69, 9.17) is 10.7 Å². The number of benzene rings is 2. The molecule has 2 N–H and O–H groups in total. The van der Waals surface area contributed by atoms with E-state index in [1.54, 1.807) is 6.20 Å². The van der Waals surface area contributed by atoms with Gasteiger partial charge in [0.1, 0.15) is 11.5 Å². The lowest BCUT2D eigenvalue weighted by molar-refractivity contribution is 0.591. The molecule has 132 valence electrons. The third-order valence-corrected chi connectivity index (χ3v) is 4.52. The minimum Gasteiger partial charge on any atom is -0.382 e. The van der Waals surface area contributed by atoms with E-state index >= 15 is 0 Å². The minimum atomic E-state index is 0.411. The summed E-state index contributed by atoms with van der Waals surface area (Å²) in [6, 6.07) is 20.3. The molecule has 1 aliphatic heterocycles. The molecule has 3 aromatic rings. The average molecular weight is 353 g/mol. The zero-order chi connectivity index (χ0) is 18.8. The normalized spacial score (nSPS) is 15.6. The summed E-state index contributed by atoms with van der Waals surface area (Å²) in [4.78, 5) is 15.1. The van der Waals surface area contributed by atoms with E-state index in [0.717, 1.165) is 33.4 Å². The smallest absolute Gasteiger partial charge is 0.149 e. The maximum atomic E-state index is 6.09. The predicted molar refractivity (Wildman–Crippen MR) is 112 cm³/mol. The topological polar surface area (TPSA) is 66.9 Å². The molecule has 4 rings (SSSR count). The fourth-order valence-corrected chi connectivity index (χ4v) is 3.16. The van der Waals surface area contributed by atoms with Gasteiger partial charge in [0.25, 0.3) is 0 Å². The number of aromatic nitrogens is 1. The number of hydrogen-bond donors (Lipinski definition) is 1. The van der Waals surface area contributed by atoms with Gasteiger partial charge in [0, 0.05) is 36.0 Å². The van der Waals surface area contributed by atoms with Gasteiger partial charge in [-0.15, -0.1) is 0 Å². The van der Waals surface area contributed by atoms with Crippen LogP contribution in [0.3, 0.4) is 0 Å². The molecule has 5 nitrogen and oxygen atoms in total. The summed E-state index contributed by atoms with van der Waals surface area (Å²) >= 11 is 0. The fourth-order valence-electron chi connectivity index (χ4n) is 3.16. The number of fused-ring (bicyclic) bond motifs is 1. The third kappa shape index (κ3) is 3.11. The molecule has 0 fully saturated rings. The molecule has 27 heavy (non-hydrogen) atoms. The Kier molecular flexibility index (Phi) is 4.26. The second-order valence-corrected chi connectivity index (χ2v) is 6.25. The summed E-state index contributed by atoms with van der Waals surface area (Å²) in [5, 5.41) is 1.06. The van der Waals surface area contributed by atoms with Crippen molar-refractivity contribution in [1.29, 1.82) is 0 Å². The number of amidine groups is 1. The zero-order valence-electron chi connectivity index (χ0n) is 15.0. The first-order valence-electron chi connectivity index (χ1n) is 8.58. The van der Waals surface area contributed by atoms with Gasteiger partial charge in [-0.25, -0.2) is 9.98 Å². The first kappa shape index (κ1) is 16.7. The highest BCUT2D eigenvalue weighted by molar-refractivity contribution is 6.05. The van der Waals surface area contributed by atoms with Crippen molar-refractivity contribution in [3.63, 3.8) is 0 Å². The van der Waals surface area contributed by atoms with E-state index in [-0.39, 0.29) is 0 Å². The van der Waals surface area contributed by atoms with Gasteiger partial charge in [-0.1, -0.05) is 48.5 Å². The van der Waals surface area contributed by atoms with Crippen LogP contribution in [0, 0.1) is 0 Å². The second-order valence-electron chi connectivity index (χ2n) is 6.25. The largest absolute Gasteiger partial charge is 0.382 e. The van der Waals surface area contributed by atoms with E-state index < -0.39 is 0 Å². The molecule has 0 bridgehead atoms. The molecule has 2 aromatic carbocycles. The van der Waals surface area contributed by atoms with Gasteiger partial charge in [-0.05, 0) is 18.9 Å². The first-order chi connectivity index (χ1) is 13.2. The molecule has 0 radical (unpaired) electrons. The molecular weight excluding hydrogens is 334 g/mol. The van der Waals surface area contributed by atoms with Crippen LogP contribution in [-0.4, -0.2) is 29.5 Å². The Morgan fingerprint density at radius 2 is 1.85 bits per heavy atom. The summed E-state index contributed by atoms with van der Waals surface area (Å²) < 4.78 is 0. The van der Waals surface area contributed by atoms with Crippen LogP contribution in [-0.2, 0) is 0 Å². The highest BCUT2D eigenvalue weighted by Gasteiger charge is 2.18. The lowest BCUT2D eigenvalue weighted by Gasteiger charge is -2.22. The molecule has 1 aromatic heterocycles. The number of rotatable bonds is 3. The van der Waals surface area contributed by atoms with Crippen molar-refractivity contribution in [1.82, 2.24) is 9.88 Å². The number of pyridine rings is 1. The maximum Gasteiger partial charge on any atom is 0.149 e. The van der Waals surface area contributed by atoms with Crippen LogP contribution < -0.4 is 5.73 Å². The van der Waals surface area contributed by atoms with Crippen LogP contribution in [0.5, 0.6) is 0 Å². The van der Waals surface area contributed by atoms with Crippen LogP contribution >= 0.6 is 0 Å². The van der Waals surface area contributed by atoms with E-state index in [1.807, 2.05) is 60.6 Å². The van der Waals surface area contributed by atoms with Crippen LogP contribution in [0.4, 0.5) is 0 Å². The lowest BCUT2D eigenvalue weighted by Crippen LogP contribution is -2.28. The molecule has 0 saturated carbocycles. The van der Waals surface area contributed by atoms with Gasteiger partial charge in [-0.2, -0.15) is 0 Å². The Labute approximate surface area is 157 Å². The van der Waals surface area contributed by atoms with Gasteiger partial charge in [0.05, 0.1) is 16.9 Å². The summed E-state index contributed by atoms with van der Waals surface area (Å²) in [7, 11) is 1.91. The standard InChI is InChI=1S/C22H19N5/c1-24-20(21-22(23)25-12-13-27(21)2)17-9-8-16-10-11-18(26-19(16)14-17)15-6-4-3-5-7-15/h3-14H,1H2,2H3,(H2,23,25)/b21-20-. The Bertz CT molecular complexity index is 1110. The van der Waals surface area contributed by atoms with Gasteiger partial charge in [0.2, 0.25) is 0 Å². The number of aliphatic imine (C=N–C) groups is 2. The van der Waals surface area contributed by atoms with E-state index in [2.05, 4.69) is 34.9 Å². The van der Waals surface area contributed by atoms with Gasteiger partial charge < -0.3 is 10.6 Å². The molecule has 0 atom stereocenters. The number of nitrogens with zero attached hydrogens (tertiary/aromatic N) is 4. The highest BCUT2D eigenvalue weighted by atomic mass is 15.2. The molecule has 1 aliphatic rings. The number of likely N-dealkylation sites (N-methyl/N-ethyl adjacent to an activating group) is 1. The average Bonchev–Trinajstić information content (AvgIpc) is 2.71. The van der Waals surface area contributed by atoms with Crippen LogP contribution in [0.1, 0.15) is 5.56 Å². The van der Waals surface area contributed by atoms with Crippen molar-refractivity contribution in [2.24, 2.45) is 15.7 Å². The Balaban J connectivity index is 1.86. The van der Waals surface area contributed by atoms with Crippen molar-refractivity contribution in [3.05, 3.63) is 84.3 Å². The Morgan fingerprint density at radius 1 is 1.07 bits per heavy atom. The fraction of sp³-hybridized carbons (Fsp3) is 0.0455. The van der Waals surface area contributed by atoms with Gasteiger partial charge in [0.15, 0.2) is 0 Å². The van der Waals surface area contributed by atoms with Crippen molar-refractivity contribution in [2.75, 3.05) is 7.05 Å². The molecule has 0 amide bonds. The van der Waals surface area contributed by atoms with Crippen molar-refractivity contribution >= 4 is 29.2 Å². The van der Waals surface area contributed by atoms with Crippen LogP contribution in [0.2, 0.25) is 0 Å². The molecule has 0 unspecified atom stereocenters. The quantitative estimate of drug-likeness (QED) is 0.723. The van der Waals surface area contributed by atoms with Crippen molar-refractivity contribution < 1.29 is 0 Å². The lowest BCUT2D eigenvalue weighted by atomic mass is 10.0. The van der Waals surface area contributed by atoms with Crippen molar-refractivity contribution in [2.45, 2.75) is 0 Å². The summed E-state index contributed by atoms with van der Waals surface area (Å²) in [5.74, 6) is 0.411. The Hall–Kier alpha value is -3.73. The minimum absolute atomic E-state index is 0.411. The summed E-state index contributed by atoms with van der Waals surface area (Å²) in [6.45, 7) is 3.74. The second kappa shape index (κ2) is 6.88. The van der Waals surface area contributed by atoms with E-state index in [0.29, 0.717) is 11.5 Å². The summed E-state index contributed by atoms with van der Waals surface area (Å²) in [5.41, 5.74) is 11.3. The Morgan fingerprint density at radius 3 is 2.59 bits per heavy atom. The zero-order valence-corrected chi connectivity index (χ0v) is 15.0. The number of hydrogen-bond acceptors (Lipinski definition) is 5. The monoisotopic (exact) mass is 353 g/mol. The van der Waals surface area contributed by atoms with E-state index in [1.165, 1.54) is 0 Å². The predicted octanol–water partition coefficient (Wildman–Crippen LogP) is 4.04. The van der Waals surface area contributed by atoms with Gasteiger partial charge >= 0.3 is 0 Å². The molecule has 0 aliphatic carbocycles. The summed E-state index contributed by atoms with van der Waals surface area (Å²) in [6.07, 6.45) is 3.50. The molecule has 0 spiro atoms. The number of nitrogens with two attached hydrogens (primary N) is 1. The van der Waals surface area contributed by atoms with Crippen molar-refractivity contribution in [3.8, 4) is 11.3 Å². The third-order valence-electron chi connectivity index (χ3n) is 4.52. The highest BCUT2D eigenvalue weighted by Crippen LogP contribution is 2.28. The van der Waals surface area contributed by atoms with Crippen LogP contribution in [0.15, 0.2) is 88.7 Å².